The Bertz CT molecular complexity index is 2340. The number of aryl methyl sites for hydroxylation is 2. The Morgan fingerprint density at radius 2 is 1.66 bits per heavy atom. The van der Waals surface area contributed by atoms with Crippen LogP contribution in [-0.2, 0) is 30.3 Å². The molecule has 1 aliphatic rings. The van der Waals surface area contributed by atoms with Gasteiger partial charge in [0.05, 0.1) is 35.3 Å². The lowest BCUT2D eigenvalue weighted by Crippen LogP contribution is -2.58. The van der Waals surface area contributed by atoms with Gasteiger partial charge in [-0.3, -0.25) is 24.2 Å². The van der Waals surface area contributed by atoms with Gasteiger partial charge in [0.2, 0.25) is 23.6 Å². The van der Waals surface area contributed by atoms with Crippen LogP contribution < -0.4 is 16.0 Å². The van der Waals surface area contributed by atoms with Gasteiger partial charge in [-0.2, -0.15) is 0 Å². The molecule has 4 amide bonds. The Morgan fingerprint density at radius 3 is 2.36 bits per heavy atom. The predicted molar refractivity (Wildman–Crippen MR) is 243 cm³/mol. The van der Waals surface area contributed by atoms with E-state index in [1.807, 2.05) is 104 Å². The Kier molecular flexibility index (Phi) is 14.0. The van der Waals surface area contributed by atoms with Crippen LogP contribution in [0.4, 0.5) is 0 Å². The number of aromatic nitrogens is 3. The molecule has 0 bridgehead atoms. The van der Waals surface area contributed by atoms with Gasteiger partial charge in [-0.25, -0.2) is 4.98 Å². The van der Waals surface area contributed by atoms with Crippen molar-refractivity contribution < 1.29 is 23.9 Å². The van der Waals surface area contributed by atoms with Crippen LogP contribution in [0.5, 0.6) is 0 Å². The molecule has 0 saturated carbocycles. The largest absolute Gasteiger partial charge is 0.380 e. The van der Waals surface area contributed by atoms with Crippen molar-refractivity contribution in [1.29, 1.82) is 0 Å². The summed E-state index contributed by atoms with van der Waals surface area (Å²) in [5.74, 6) is -0.715. The second kappa shape index (κ2) is 18.9. The van der Waals surface area contributed by atoms with Crippen molar-refractivity contribution in [2.45, 2.75) is 113 Å². The number of amides is 4. The number of H-pyrrole nitrogens is 1. The van der Waals surface area contributed by atoms with Crippen molar-refractivity contribution in [2.75, 3.05) is 26.3 Å². The highest BCUT2D eigenvalue weighted by molar-refractivity contribution is 7.13. The molecule has 0 aliphatic carbocycles. The molecular formula is C48H63N7O5S. The van der Waals surface area contributed by atoms with E-state index in [9.17, 15) is 19.2 Å². The number of benzene rings is 2. The molecule has 12 nitrogen and oxygen atoms in total. The van der Waals surface area contributed by atoms with Crippen molar-refractivity contribution in [2.24, 2.45) is 16.2 Å². The number of nitrogens with zero attached hydrogens (tertiary/aromatic N) is 3. The zero-order chi connectivity index (χ0) is 44.1. The summed E-state index contributed by atoms with van der Waals surface area (Å²) in [4.78, 5) is 69.1. The molecule has 0 radical (unpaired) electrons. The van der Waals surface area contributed by atoms with Gasteiger partial charge < -0.3 is 30.6 Å². The van der Waals surface area contributed by atoms with Crippen LogP contribution in [0.3, 0.4) is 0 Å². The lowest BCUT2D eigenvalue weighted by atomic mass is 9.84. The zero-order valence-corrected chi connectivity index (χ0v) is 38.1. The van der Waals surface area contributed by atoms with E-state index in [1.165, 1.54) is 0 Å². The summed E-state index contributed by atoms with van der Waals surface area (Å²) in [6, 6.07) is 14.6. The summed E-state index contributed by atoms with van der Waals surface area (Å²) in [5, 5.41) is 11.5. The van der Waals surface area contributed by atoms with Crippen molar-refractivity contribution in [1.82, 2.24) is 35.8 Å². The van der Waals surface area contributed by atoms with E-state index < -0.39 is 22.9 Å². The highest BCUT2D eigenvalue weighted by Crippen LogP contribution is 2.31. The molecule has 1 saturated heterocycles. The van der Waals surface area contributed by atoms with Crippen LogP contribution in [0.25, 0.3) is 32.2 Å². The fraction of sp³-hybridized carbons (Fsp3) is 0.500. The minimum atomic E-state index is -0.818. The number of carbonyl (C=O) groups is 4. The molecule has 0 unspecified atom stereocenters. The molecule has 4 heterocycles. The molecule has 1 fully saturated rings. The zero-order valence-electron chi connectivity index (χ0n) is 37.2. The van der Waals surface area contributed by atoms with E-state index >= 15 is 0 Å². The maximum absolute atomic E-state index is 14.2. The van der Waals surface area contributed by atoms with Crippen LogP contribution in [0.15, 0.2) is 66.4 Å². The molecule has 4 N–H and O–H groups in total. The minimum Gasteiger partial charge on any atom is -0.380 e. The maximum atomic E-state index is 14.2. The third-order valence-electron chi connectivity index (χ3n) is 11.5. The Balaban J connectivity index is 0.945. The Hall–Kier alpha value is -5.14. The first kappa shape index (κ1) is 45.4. The average Bonchev–Trinajstić information content (AvgIpc) is 3.96. The molecule has 13 heteroatoms. The molecule has 2 aromatic carbocycles. The molecule has 61 heavy (non-hydrogen) atoms. The summed E-state index contributed by atoms with van der Waals surface area (Å²) in [6.45, 7) is 19.4. The molecule has 6 rings (SSSR count). The standard InChI is InChI=1S/C48H63N7O5S/c1-30(33-14-16-34(17-15-33)42-31(2)51-29-61-42)52-44(58)39-11-10-22-55(39)45(59)43(46(3,4)5)54-41(57)24-47(6,7)27-60-28-48(8,9)26-50-40(56)19-13-32-12-18-35-36-25-49-21-20-37(36)53-38(35)23-32/h12,14-18,20-21,23,25,29-30,39,43,53H,10-11,13,19,22,24,26-28H2,1-9H3,(H,50,56)(H,52,58)(H,54,57)/t30-,39+,43+/m0/s1. The molecule has 1 aliphatic heterocycles. The van der Waals surface area contributed by atoms with Gasteiger partial charge in [0.15, 0.2) is 0 Å². The molecular weight excluding hydrogens is 787 g/mol. The number of nitrogens with one attached hydrogen (secondary N) is 4. The number of ether oxygens (including phenoxy) is 1. The van der Waals surface area contributed by atoms with Crippen LogP contribution in [-0.4, -0.2) is 81.9 Å². The minimum absolute atomic E-state index is 0.0198. The average molecular weight is 850 g/mol. The molecule has 326 valence electrons. The first-order chi connectivity index (χ1) is 28.8. The van der Waals surface area contributed by atoms with Crippen LogP contribution in [0, 0.1) is 23.2 Å². The summed E-state index contributed by atoms with van der Waals surface area (Å²) in [5.41, 5.74) is 6.59. The number of aromatic amines is 1. The number of fused-ring (bicyclic) bond motifs is 3. The van der Waals surface area contributed by atoms with Crippen molar-refractivity contribution in [3.63, 3.8) is 0 Å². The number of pyridine rings is 1. The van der Waals surface area contributed by atoms with E-state index in [4.69, 9.17) is 4.74 Å². The van der Waals surface area contributed by atoms with E-state index in [0.29, 0.717) is 52.0 Å². The smallest absolute Gasteiger partial charge is 0.246 e. The number of carbonyl (C=O) groups excluding carboxylic acids is 4. The Labute approximate surface area is 364 Å². The van der Waals surface area contributed by atoms with Gasteiger partial charge in [0.1, 0.15) is 12.1 Å². The summed E-state index contributed by atoms with van der Waals surface area (Å²) >= 11 is 1.60. The summed E-state index contributed by atoms with van der Waals surface area (Å²) in [7, 11) is 0. The number of hydrogen-bond donors (Lipinski definition) is 4. The van der Waals surface area contributed by atoms with Crippen molar-refractivity contribution >= 4 is 56.8 Å². The maximum Gasteiger partial charge on any atom is 0.246 e. The Morgan fingerprint density at radius 1 is 0.918 bits per heavy atom. The number of rotatable bonds is 17. The van der Waals surface area contributed by atoms with E-state index in [1.54, 1.807) is 22.4 Å². The second-order valence-corrected chi connectivity index (χ2v) is 20.2. The van der Waals surface area contributed by atoms with Crippen molar-refractivity contribution in [3.05, 3.63) is 83.3 Å². The highest BCUT2D eigenvalue weighted by atomic mass is 32.1. The third kappa shape index (κ3) is 11.6. The fourth-order valence-electron chi connectivity index (χ4n) is 8.00. The van der Waals surface area contributed by atoms with E-state index in [2.05, 4.69) is 49.1 Å². The second-order valence-electron chi connectivity index (χ2n) is 19.4. The number of hydrogen-bond acceptors (Lipinski definition) is 8. The lowest BCUT2D eigenvalue weighted by Gasteiger charge is -2.36. The van der Waals surface area contributed by atoms with Crippen LogP contribution in [0.2, 0.25) is 0 Å². The third-order valence-corrected chi connectivity index (χ3v) is 12.5. The van der Waals surface area contributed by atoms with Crippen LogP contribution >= 0.6 is 11.3 Å². The topological polar surface area (TPSA) is 158 Å². The number of likely N-dealkylation sites (tertiary alicyclic amines) is 1. The quantitative estimate of drug-likeness (QED) is 0.0737. The fourth-order valence-corrected chi connectivity index (χ4v) is 8.81. The van der Waals surface area contributed by atoms with Gasteiger partial charge in [-0.05, 0) is 72.8 Å². The van der Waals surface area contributed by atoms with Crippen molar-refractivity contribution in [3.8, 4) is 10.4 Å². The monoisotopic (exact) mass is 849 g/mol. The van der Waals surface area contributed by atoms with Gasteiger partial charge in [0.25, 0.3) is 0 Å². The normalized spacial score (nSPS) is 15.8. The van der Waals surface area contributed by atoms with Gasteiger partial charge in [-0.1, -0.05) is 84.9 Å². The SMILES string of the molecule is Cc1ncsc1-c1ccc([C@H](C)NC(=O)[C@H]2CCCN2C(=O)[C@@H](NC(=O)CC(C)(C)COCC(C)(C)CNC(=O)CCc2ccc3c(c2)[nH]c2ccncc23)C(C)(C)C)cc1. The first-order valence-electron chi connectivity index (χ1n) is 21.4. The molecule has 0 spiro atoms. The van der Waals surface area contributed by atoms with Gasteiger partial charge in [0, 0.05) is 65.5 Å². The van der Waals surface area contributed by atoms with Gasteiger partial charge in [-0.15, -0.1) is 11.3 Å². The molecule has 5 aromatic rings. The summed E-state index contributed by atoms with van der Waals surface area (Å²) < 4.78 is 6.16. The molecule has 3 aromatic heterocycles. The van der Waals surface area contributed by atoms with Crippen LogP contribution in [0.1, 0.15) is 104 Å². The summed E-state index contributed by atoms with van der Waals surface area (Å²) in [6.07, 6.45) is 6.05. The lowest BCUT2D eigenvalue weighted by molar-refractivity contribution is -0.144. The van der Waals surface area contributed by atoms with E-state index in [0.717, 1.165) is 49.1 Å². The highest BCUT2D eigenvalue weighted by Gasteiger charge is 2.42. The first-order valence-corrected chi connectivity index (χ1v) is 22.3. The number of thiazole rings is 1. The van der Waals surface area contributed by atoms with E-state index in [-0.39, 0.29) is 41.5 Å². The predicted octanol–water partition coefficient (Wildman–Crippen LogP) is 8.06. The van der Waals surface area contributed by atoms with Gasteiger partial charge >= 0.3 is 0 Å². The molecule has 3 atom stereocenters.